The highest BCUT2D eigenvalue weighted by molar-refractivity contribution is 6.04. The smallest absolute Gasteiger partial charge is 0.334 e. The number of ether oxygens (including phenoxy) is 1. The second-order valence-electron chi connectivity index (χ2n) is 6.99. The summed E-state index contributed by atoms with van der Waals surface area (Å²) in [5.41, 5.74) is 3.37. The van der Waals surface area contributed by atoms with Crippen LogP contribution >= 0.6 is 0 Å². The van der Waals surface area contributed by atoms with Gasteiger partial charge in [0.15, 0.2) is 6.10 Å². The molecule has 0 spiro atoms. The molecule has 0 bridgehead atoms. The standard InChI is InChI=1S/C21H22FN3O5/c1-10-15(7-5-13-14-8-12(22)4-6-16(14)25-19(13)26)24-11(2)18(10)20(27)23-9-17(30-3)21(28)29/h4-8,13,17,24H,9H2,1-3H3,(H,23,27)(H,25,26)(H,28,29). The number of methoxy groups -OCH3 is 1. The maximum atomic E-state index is 13.6. The van der Waals surface area contributed by atoms with Gasteiger partial charge >= 0.3 is 5.97 Å². The summed E-state index contributed by atoms with van der Waals surface area (Å²) < 4.78 is 18.4. The number of anilines is 1. The van der Waals surface area contributed by atoms with Crippen LogP contribution in [0.4, 0.5) is 10.1 Å². The van der Waals surface area contributed by atoms with Crippen LogP contribution in [0.25, 0.3) is 6.08 Å². The number of aromatic nitrogens is 1. The number of aromatic amines is 1. The average molecular weight is 415 g/mol. The van der Waals surface area contributed by atoms with E-state index in [0.29, 0.717) is 33.8 Å². The molecule has 1 aliphatic rings. The number of carboxylic acids is 1. The van der Waals surface area contributed by atoms with E-state index in [4.69, 9.17) is 9.84 Å². The van der Waals surface area contributed by atoms with Crippen LogP contribution in [0.2, 0.25) is 0 Å². The van der Waals surface area contributed by atoms with E-state index >= 15 is 0 Å². The number of carbonyl (C=O) groups is 3. The second-order valence-corrected chi connectivity index (χ2v) is 6.99. The third kappa shape index (κ3) is 4.11. The lowest BCUT2D eigenvalue weighted by molar-refractivity contribution is -0.148. The summed E-state index contributed by atoms with van der Waals surface area (Å²) in [4.78, 5) is 38.9. The summed E-state index contributed by atoms with van der Waals surface area (Å²) in [6, 6.07) is 4.13. The predicted octanol–water partition coefficient (Wildman–Crippen LogP) is 2.35. The first-order valence-electron chi connectivity index (χ1n) is 9.24. The summed E-state index contributed by atoms with van der Waals surface area (Å²) in [5, 5.41) is 14.3. The van der Waals surface area contributed by atoms with Gasteiger partial charge in [-0.2, -0.15) is 0 Å². The van der Waals surface area contributed by atoms with E-state index in [0.717, 1.165) is 0 Å². The van der Waals surface area contributed by atoms with Crippen molar-refractivity contribution in [3.8, 4) is 0 Å². The Morgan fingerprint density at radius 2 is 2.10 bits per heavy atom. The van der Waals surface area contributed by atoms with Gasteiger partial charge in [-0.3, -0.25) is 9.59 Å². The average Bonchev–Trinajstić information content (AvgIpc) is 3.14. The van der Waals surface area contributed by atoms with Crippen LogP contribution in [-0.4, -0.2) is 47.6 Å². The second kappa shape index (κ2) is 8.50. The number of aliphatic carboxylic acids is 1. The van der Waals surface area contributed by atoms with Crippen molar-refractivity contribution in [3.05, 3.63) is 58.2 Å². The van der Waals surface area contributed by atoms with Gasteiger partial charge in [0.2, 0.25) is 5.91 Å². The Bertz CT molecular complexity index is 1040. The highest BCUT2D eigenvalue weighted by Crippen LogP contribution is 2.34. The van der Waals surface area contributed by atoms with Crippen LogP contribution in [0.3, 0.4) is 0 Å². The molecule has 9 heteroatoms. The van der Waals surface area contributed by atoms with Crippen molar-refractivity contribution in [2.75, 3.05) is 19.0 Å². The van der Waals surface area contributed by atoms with Gasteiger partial charge in [-0.05, 0) is 49.2 Å². The lowest BCUT2D eigenvalue weighted by Gasteiger charge is -2.11. The molecule has 30 heavy (non-hydrogen) atoms. The number of halogens is 1. The molecule has 1 aromatic carbocycles. The summed E-state index contributed by atoms with van der Waals surface area (Å²) >= 11 is 0. The first-order valence-corrected chi connectivity index (χ1v) is 9.24. The lowest BCUT2D eigenvalue weighted by Crippen LogP contribution is -2.38. The number of H-pyrrole nitrogens is 1. The highest BCUT2D eigenvalue weighted by atomic mass is 19.1. The van der Waals surface area contributed by atoms with Crippen molar-refractivity contribution in [2.24, 2.45) is 0 Å². The minimum Gasteiger partial charge on any atom is -0.479 e. The molecular weight excluding hydrogens is 393 g/mol. The fraction of sp³-hybridized carbons (Fsp3) is 0.286. The van der Waals surface area contributed by atoms with Gasteiger partial charge < -0.3 is 25.5 Å². The molecule has 1 aliphatic heterocycles. The molecule has 2 atom stereocenters. The number of nitrogens with one attached hydrogen (secondary N) is 3. The van der Waals surface area contributed by atoms with Gasteiger partial charge in [0, 0.05) is 24.2 Å². The number of hydrogen-bond donors (Lipinski definition) is 4. The molecule has 2 aromatic rings. The van der Waals surface area contributed by atoms with Crippen LogP contribution in [-0.2, 0) is 14.3 Å². The predicted molar refractivity (Wildman–Crippen MR) is 108 cm³/mol. The number of carbonyl (C=O) groups excluding carboxylic acids is 2. The van der Waals surface area contributed by atoms with Crippen LogP contribution < -0.4 is 10.6 Å². The molecule has 0 radical (unpaired) electrons. The number of hydrogen-bond acceptors (Lipinski definition) is 4. The number of rotatable bonds is 7. The zero-order chi connectivity index (χ0) is 22.0. The Labute approximate surface area is 172 Å². The van der Waals surface area contributed by atoms with Crippen LogP contribution in [0.1, 0.15) is 38.8 Å². The van der Waals surface area contributed by atoms with Crippen molar-refractivity contribution >= 4 is 29.5 Å². The quantitative estimate of drug-likeness (QED) is 0.553. The van der Waals surface area contributed by atoms with Crippen molar-refractivity contribution in [2.45, 2.75) is 25.9 Å². The van der Waals surface area contributed by atoms with Gasteiger partial charge in [0.1, 0.15) is 5.82 Å². The molecule has 2 amide bonds. The molecule has 1 aromatic heterocycles. The van der Waals surface area contributed by atoms with E-state index in [2.05, 4.69) is 15.6 Å². The Morgan fingerprint density at radius 3 is 2.77 bits per heavy atom. The van der Waals surface area contributed by atoms with Gasteiger partial charge in [0.25, 0.3) is 5.91 Å². The third-order valence-corrected chi connectivity index (χ3v) is 5.06. The van der Waals surface area contributed by atoms with E-state index in [1.54, 1.807) is 26.0 Å². The number of carboxylic acid groups (broad SMARTS) is 1. The highest BCUT2D eigenvalue weighted by Gasteiger charge is 2.29. The van der Waals surface area contributed by atoms with Crippen molar-refractivity contribution in [1.29, 1.82) is 0 Å². The molecule has 4 N–H and O–H groups in total. The topological polar surface area (TPSA) is 121 Å². The lowest BCUT2D eigenvalue weighted by atomic mass is 9.99. The Kier molecular flexibility index (Phi) is 6.02. The minimum atomic E-state index is -1.17. The van der Waals surface area contributed by atoms with Crippen molar-refractivity contribution in [1.82, 2.24) is 10.3 Å². The Morgan fingerprint density at radius 1 is 1.37 bits per heavy atom. The molecule has 0 saturated heterocycles. The third-order valence-electron chi connectivity index (χ3n) is 5.06. The number of amides is 2. The van der Waals surface area contributed by atoms with E-state index in [9.17, 15) is 18.8 Å². The van der Waals surface area contributed by atoms with E-state index in [1.807, 2.05) is 0 Å². The minimum absolute atomic E-state index is 0.176. The van der Waals surface area contributed by atoms with E-state index in [1.165, 1.54) is 25.3 Å². The molecule has 158 valence electrons. The fourth-order valence-electron chi connectivity index (χ4n) is 3.47. The largest absolute Gasteiger partial charge is 0.479 e. The number of benzene rings is 1. The monoisotopic (exact) mass is 415 g/mol. The Hall–Kier alpha value is -3.46. The molecule has 0 fully saturated rings. The van der Waals surface area contributed by atoms with Crippen molar-refractivity contribution in [3.63, 3.8) is 0 Å². The molecular formula is C21H22FN3O5. The summed E-state index contributed by atoms with van der Waals surface area (Å²) in [6.45, 7) is 3.28. The first-order chi connectivity index (χ1) is 14.2. The summed E-state index contributed by atoms with van der Waals surface area (Å²) in [7, 11) is 1.25. The zero-order valence-electron chi connectivity index (χ0n) is 16.7. The molecule has 3 rings (SSSR count). The maximum absolute atomic E-state index is 13.6. The Balaban J connectivity index is 1.79. The van der Waals surface area contributed by atoms with E-state index < -0.39 is 29.7 Å². The van der Waals surface area contributed by atoms with Gasteiger partial charge in [-0.1, -0.05) is 6.08 Å². The molecule has 0 aliphatic carbocycles. The van der Waals surface area contributed by atoms with Crippen LogP contribution in [0.5, 0.6) is 0 Å². The zero-order valence-corrected chi connectivity index (χ0v) is 16.7. The maximum Gasteiger partial charge on any atom is 0.334 e. The number of fused-ring (bicyclic) bond motifs is 1. The van der Waals surface area contributed by atoms with Crippen LogP contribution in [0.15, 0.2) is 24.3 Å². The van der Waals surface area contributed by atoms with Gasteiger partial charge in [-0.15, -0.1) is 0 Å². The van der Waals surface area contributed by atoms with Gasteiger partial charge in [-0.25, -0.2) is 9.18 Å². The van der Waals surface area contributed by atoms with Crippen molar-refractivity contribution < 1.29 is 28.6 Å². The molecule has 0 saturated carbocycles. The molecule has 2 heterocycles. The molecule has 8 nitrogen and oxygen atoms in total. The molecule has 2 unspecified atom stereocenters. The summed E-state index contributed by atoms with van der Waals surface area (Å²) in [5.74, 6) is -2.94. The normalized spacial score (nSPS) is 16.4. The van der Waals surface area contributed by atoms with Crippen LogP contribution in [0, 0.1) is 19.7 Å². The first kappa shape index (κ1) is 21.3. The van der Waals surface area contributed by atoms with Gasteiger partial charge in [0.05, 0.1) is 18.0 Å². The summed E-state index contributed by atoms with van der Waals surface area (Å²) in [6.07, 6.45) is 2.18. The fourth-order valence-corrected chi connectivity index (χ4v) is 3.47. The SMILES string of the molecule is COC(CNC(=O)c1c(C)[nH]c(C=CC2C(=O)Nc3ccc(F)cc32)c1C)C(=O)O. The van der Waals surface area contributed by atoms with E-state index in [-0.39, 0.29) is 12.5 Å². The number of aryl methyl sites for hydroxylation is 1.